The van der Waals surface area contributed by atoms with Gasteiger partial charge in [-0.2, -0.15) is 0 Å². The molecule has 1 aromatic carbocycles. The van der Waals surface area contributed by atoms with Crippen LogP contribution in [0.5, 0.6) is 0 Å². The summed E-state index contributed by atoms with van der Waals surface area (Å²) in [6.07, 6.45) is 5.34. The summed E-state index contributed by atoms with van der Waals surface area (Å²) in [4.78, 5) is 12.0. The second-order valence-electron chi connectivity index (χ2n) is 5.65. The van der Waals surface area contributed by atoms with E-state index in [0.29, 0.717) is 5.41 Å². The van der Waals surface area contributed by atoms with Gasteiger partial charge in [-0.25, -0.2) is 0 Å². The number of rotatable bonds is 5. The van der Waals surface area contributed by atoms with Gasteiger partial charge < -0.3 is 10.6 Å². The maximum atomic E-state index is 12.0. The first kappa shape index (κ1) is 11.6. The molecule has 0 bridgehead atoms. The topological polar surface area (TPSA) is 41.1 Å². The van der Waals surface area contributed by atoms with E-state index in [4.69, 9.17) is 0 Å². The standard InChI is InChI=1S/C15H20N2O/c1-16-13-6-2-11(3-7-13)14(18)17-10-15(8-9-15)12-4-5-12/h2-3,6-7,12,16H,4-5,8-10H2,1H3,(H,17,18). The van der Waals surface area contributed by atoms with E-state index in [-0.39, 0.29) is 5.91 Å². The molecule has 96 valence electrons. The molecule has 2 aliphatic carbocycles. The number of carbonyl (C=O) groups is 1. The zero-order chi connectivity index (χ0) is 12.6. The van der Waals surface area contributed by atoms with Crippen LogP contribution in [-0.4, -0.2) is 19.5 Å². The Morgan fingerprint density at radius 1 is 1.28 bits per heavy atom. The molecule has 2 saturated carbocycles. The number of hydrogen-bond donors (Lipinski definition) is 2. The lowest BCUT2D eigenvalue weighted by Gasteiger charge is -2.15. The Bertz CT molecular complexity index is 444. The first-order chi connectivity index (χ1) is 8.73. The highest BCUT2D eigenvalue weighted by molar-refractivity contribution is 5.94. The van der Waals surface area contributed by atoms with Gasteiger partial charge >= 0.3 is 0 Å². The molecule has 0 atom stereocenters. The summed E-state index contributed by atoms with van der Waals surface area (Å²) in [5.74, 6) is 0.953. The number of carbonyl (C=O) groups excluding carboxylic acids is 1. The van der Waals surface area contributed by atoms with E-state index in [9.17, 15) is 4.79 Å². The van der Waals surface area contributed by atoms with Crippen LogP contribution >= 0.6 is 0 Å². The van der Waals surface area contributed by atoms with Crippen molar-refractivity contribution in [2.24, 2.45) is 11.3 Å². The van der Waals surface area contributed by atoms with E-state index in [1.807, 2.05) is 31.3 Å². The summed E-state index contributed by atoms with van der Waals surface area (Å²) in [5.41, 5.74) is 2.25. The molecule has 0 spiro atoms. The molecule has 0 unspecified atom stereocenters. The minimum atomic E-state index is 0.0598. The van der Waals surface area contributed by atoms with E-state index in [1.165, 1.54) is 25.7 Å². The Kier molecular flexibility index (Phi) is 2.77. The number of anilines is 1. The first-order valence-corrected chi connectivity index (χ1v) is 6.79. The van der Waals surface area contributed by atoms with E-state index in [1.54, 1.807) is 0 Å². The van der Waals surface area contributed by atoms with Crippen LogP contribution in [-0.2, 0) is 0 Å². The number of nitrogens with one attached hydrogen (secondary N) is 2. The zero-order valence-corrected chi connectivity index (χ0v) is 10.8. The van der Waals surface area contributed by atoms with Gasteiger partial charge in [0.2, 0.25) is 0 Å². The van der Waals surface area contributed by atoms with Crippen LogP contribution in [0.15, 0.2) is 24.3 Å². The van der Waals surface area contributed by atoms with Crippen molar-refractivity contribution in [3.63, 3.8) is 0 Å². The molecule has 2 aliphatic rings. The Balaban J connectivity index is 1.57. The second kappa shape index (κ2) is 4.30. The predicted molar refractivity (Wildman–Crippen MR) is 72.7 cm³/mol. The van der Waals surface area contributed by atoms with Gasteiger partial charge in [0, 0.05) is 24.8 Å². The molecule has 0 aromatic heterocycles. The average molecular weight is 244 g/mol. The van der Waals surface area contributed by atoms with Gasteiger partial charge in [-0.15, -0.1) is 0 Å². The molecule has 0 radical (unpaired) electrons. The summed E-state index contributed by atoms with van der Waals surface area (Å²) in [6.45, 7) is 0.865. The summed E-state index contributed by atoms with van der Waals surface area (Å²) in [5, 5.41) is 6.15. The van der Waals surface area contributed by atoms with E-state index >= 15 is 0 Å². The lowest BCUT2D eigenvalue weighted by Crippen LogP contribution is -2.31. The average Bonchev–Trinajstić information content (AvgIpc) is 3.28. The van der Waals surface area contributed by atoms with Crippen molar-refractivity contribution in [3.05, 3.63) is 29.8 Å². The van der Waals surface area contributed by atoms with Crippen LogP contribution in [0.2, 0.25) is 0 Å². The smallest absolute Gasteiger partial charge is 0.251 e. The molecule has 0 heterocycles. The molecule has 2 fully saturated rings. The normalized spacial score (nSPS) is 20.3. The van der Waals surface area contributed by atoms with Gasteiger partial charge in [0.05, 0.1) is 0 Å². The van der Waals surface area contributed by atoms with E-state index < -0.39 is 0 Å². The van der Waals surface area contributed by atoms with E-state index in [2.05, 4.69) is 10.6 Å². The molecular formula is C15H20N2O. The van der Waals surface area contributed by atoms with Crippen LogP contribution < -0.4 is 10.6 Å². The van der Waals surface area contributed by atoms with Gasteiger partial charge in [-0.1, -0.05) is 0 Å². The summed E-state index contributed by atoms with van der Waals surface area (Å²) in [7, 11) is 1.88. The summed E-state index contributed by atoms with van der Waals surface area (Å²) >= 11 is 0. The fraction of sp³-hybridized carbons (Fsp3) is 0.533. The molecule has 3 rings (SSSR count). The van der Waals surface area contributed by atoms with Crippen molar-refractivity contribution in [2.75, 3.05) is 18.9 Å². The second-order valence-corrected chi connectivity index (χ2v) is 5.65. The Morgan fingerprint density at radius 2 is 1.94 bits per heavy atom. The molecule has 18 heavy (non-hydrogen) atoms. The summed E-state index contributed by atoms with van der Waals surface area (Å²) < 4.78 is 0. The van der Waals surface area contributed by atoms with Gasteiger partial charge in [-0.05, 0) is 61.3 Å². The van der Waals surface area contributed by atoms with Crippen molar-refractivity contribution in [1.29, 1.82) is 0 Å². The molecular weight excluding hydrogens is 224 g/mol. The third-order valence-corrected chi connectivity index (χ3v) is 4.37. The SMILES string of the molecule is CNc1ccc(C(=O)NCC2(C3CC3)CC2)cc1. The van der Waals surface area contributed by atoms with Crippen LogP contribution in [0, 0.1) is 11.3 Å². The third kappa shape index (κ3) is 2.22. The van der Waals surface area contributed by atoms with Gasteiger partial charge in [0.1, 0.15) is 0 Å². The number of hydrogen-bond acceptors (Lipinski definition) is 2. The Hall–Kier alpha value is -1.51. The Morgan fingerprint density at radius 3 is 2.44 bits per heavy atom. The predicted octanol–water partition coefficient (Wildman–Crippen LogP) is 2.65. The third-order valence-electron chi connectivity index (χ3n) is 4.37. The van der Waals surface area contributed by atoms with E-state index in [0.717, 1.165) is 23.7 Å². The zero-order valence-electron chi connectivity index (χ0n) is 10.8. The van der Waals surface area contributed by atoms with Crippen molar-refractivity contribution in [2.45, 2.75) is 25.7 Å². The van der Waals surface area contributed by atoms with Gasteiger partial charge in [0.15, 0.2) is 0 Å². The lowest BCUT2D eigenvalue weighted by atomic mass is 10.0. The maximum Gasteiger partial charge on any atom is 0.251 e. The highest BCUT2D eigenvalue weighted by Crippen LogP contribution is 2.60. The lowest BCUT2D eigenvalue weighted by molar-refractivity contribution is 0.0942. The van der Waals surface area contributed by atoms with Crippen LogP contribution in [0.1, 0.15) is 36.0 Å². The quantitative estimate of drug-likeness (QED) is 0.836. The maximum absolute atomic E-state index is 12.0. The molecule has 3 heteroatoms. The minimum Gasteiger partial charge on any atom is -0.388 e. The highest BCUT2D eigenvalue weighted by atomic mass is 16.1. The van der Waals surface area contributed by atoms with Crippen LogP contribution in [0.25, 0.3) is 0 Å². The number of benzene rings is 1. The van der Waals surface area contributed by atoms with Gasteiger partial charge in [0.25, 0.3) is 5.91 Å². The molecule has 0 saturated heterocycles. The summed E-state index contributed by atoms with van der Waals surface area (Å²) in [6, 6.07) is 7.61. The Labute approximate surface area is 108 Å². The molecule has 2 N–H and O–H groups in total. The van der Waals surface area contributed by atoms with Gasteiger partial charge in [-0.3, -0.25) is 4.79 Å². The molecule has 1 amide bonds. The highest BCUT2D eigenvalue weighted by Gasteiger charge is 2.53. The van der Waals surface area contributed by atoms with Crippen LogP contribution in [0.3, 0.4) is 0 Å². The minimum absolute atomic E-state index is 0.0598. The number of amides is 1. The van der Waals surface area contributed by atoms with Crippen molar-refractivity contribution >= 4 is 11.6 Å². The van der Waals surface area contributed by atoms with Crippen molar-refractivity contribution in [3.8, 4) is 0 Å². The monoisotopic (exact) mass is 244 g/mol. The molecule has 3 nitrogen and oxygen atoms in total. The fourth-order valence-corrected chi connectivity index (χ4v) is 2.73. The van der Waals surface area contributed by atoms with Crippen molar-refractivity contribution in [1.82, 2.24) is 5.32 Å². The largest absolute Gasteiger partial charge is 0.388 e. The molecule has 1 aromatic rings. The molecule has 0 aliphatic heterocycles. The first-order valence-electron chi connectivity index (χ1n) is 6.79. The fourth-order valence-electron chi connectivity index (χ4n) is 2.73. The van der Waals surface area contributed by atoms with Crippen molar-refractivity contribution < 1.29 is 4.79 Å². The van der Waals surface area contributed by atoms with Crippen LogP contribution in [0.4, 0.5) is 5.69 Å².